The van der Waals surface area contributed by atoms with Gasteiger partial charge >= 0.3 is 12.0 Å². The maximum Gasteiger partial charge on any atom is 0.326 e. The van der Waals surface area contributed by atoms with Gasteiger partial charge in [0.2, 0.25) is 5.91 Å². The quantitative estimate of drug-likeness (QED) is 0.386. The SMILES string of the molecule is COc1cc(CN(CC2CCC(C(=O)O)CC2)C(C)c2ccc(C#N)cc2)ccc1OCCN1C(=O)CCN(C)C1=O. The lowest BCUT2D eigenvalue weighted by atomic mass is 9.81. The Morgan fingerprint density at radius 2 is 1.83 bits per heavy atom. The second kappa shape index (κ2) is 14.2. The highest BCUT2D eigenvalue weighted by atomic mass is 16.5. The molecule has 42 heavy (non-hydrogen) atoms. The zero-order valence-electron chi connectivity index (χ0n) is 24.6. The fourth-order valence-electron chi connectivity index (χ4n) is 5.77. The maximum atomic E-state index is 12.3. The van der Waals surface area contributed by atoms with Gasteiger partial charge in [-0.2, -0.15) is 5.26 Å². The van der Waals surface area contributed by atoms with E-state index in [-0.39, 0.29) is 37.0 Å². The topological polar surface area (TPSA) is 123 Å². The minimum atomic E-state index is -0.702. The van der Waals surface area contributed by atoms with Crippen molar-refractivity contribution in [3.05, 3.63) is 59.2 Å². The minimum absolute atomic E-state index is 0.0645. The Morgan fingerprint density at radius 1 is 1.12 bits per heavy atom. The van der Waals surface area contributed by atoms with E-state index in [9.17, 15) is 24.8 Å². The Kier molecular flexibility index (Phi) is 10.4. The minimum Gasteiger partial charge on any atom is -0.493 e. The van der Waals surface area contributed by atoms with E-state index in [0.29, 0.717) is 55.3 Å². The van der Waals surface area contributed by atoms with Crippen molar-refractivity contribution in [2.24, 2.45) is 11.8 Å². The van der Waals surface area contributed by atoms with Gasteiger partial charge in [-0.05, 0) is 73.9 Å². The van der Waals surface area contributed by atoms with Crippen molar-refractivity contribution >= 4 is 17.9 Å². The summed E-state index contributed by atoms with van der Waals surface area (Å²) in [7, 11) is 3.26. The molecular weight excluding hydrogens is 536 g/mol. The second-order valence-electron chi connectivity index (χ2n) is 11.2. The number of ether oxygens (including phenoxy) is 2. The molecule has 2 aromatic rings. The predicted molar refractivity (Wildman–Crippen MR) is 156 cm³/mol. The van der Waals surface area contributed by atoms with Crippen molar-refractivity contribution in [3.63, 3.8) is 0 Å². The standard InChI is InChI=1S/C32H40N4O6/c1-22(26-9-4-23(19-33)5-10-26)35(20-24-6-11-27(12-7-24)31(38)39)21-25-8-13-28(29(18-25)41-3)42-17-16-36-30(37)14-15-34(2)32(36)40/h4-5,8-10,13,18,22,24,27H,6-7,11-12,14-17,20-21H2,1-3H3,(H,38,39). The van der Waals surface area contributed by atoms with E-state index < -0.39 is 5.97 Å². The molecule has 0 spiro atoms. The summed E-state index contributed by atoms with van der Waals surface area (Å²) in [6, 6.07) is 15.4. The van der Waals surface area contributed by atoms with Crippen LogP contribution in [0.5, 0.6) is 11.5 Å². The van der Waals surface area contributed by atoms with Crippen molar-refractivity contribution in [2.45, 2.75) is 51.6 Å². The zero-order chi connectivity index (χ0) is 30.2. The Morgan fingerprint density at radius 3 is 2.48 bits per heavy atom. The van der Waals surface area contributed by atoms with Gasteiger partial charge < -0.3 is 19.5 Å². The normalized spacial score (nSPS) is 19.9. The van der Waals surface area contributed by atoms with E-state index in [2.05, 4.69) is 17.9 Å². The molecule has 2 aromatic carbocycles. The van der Waals surface area contributed by atoms with E-state index in [4.69, 9.17) is 9.47 Å². The van der Waals surface area contributed by atoms with E-state index in [1.807, 2.05) is 42.5 Å². The van der Waals surface area contributed by atoms with Crippen LogP contribution in [0.15, 0.2) is 42.5 Å². The van der Waals surface area contributed by atoms with Gasteiger partial charge in [-0.25, -0.2) is 4.79 Å². The van der Waals surface area contributed by atoms with Gasteiger partial charge in [-0.1, -0.05) is 18.2 Å². The van der Waals surface area contributed by atoms with Crippen LogP contribution in [0.2, 0.25) is 0 Å². The summed E-state index contributed by atoms with van der Waals surface area (Å²) < 4.78 is 11.6. The van der Waals surface area contributed by atoms with Gasteiger partial charge in [0.25, 0.3) is 0 Å². The number of benzene rings is 2. The molecule has 2 fully saturated rings. The molecule has 1 aliphatic carbocycles. The van der Waals surface area contributed by atoms with Gasteiger partial charge in [0.1, 0.15) is 6.61 Å². The van der Waals surface area contributed by atoms with Gasteiger partial charge in [0, 0.05) is 39.1 Å². The molecule has 10 heteroatoms. The van der Waals surface area contributed by atoms with Crippen molar-refractivity contribution in [1.82, 2.24) is 14.7 Å². The van der Waals surface area contributed by atoms with Gasteiger partial charge in [-0.15, -0.1) is 0 Å². The van der Waals surface area contributed by atoms with Crippen LogP contribution in [-0.2, 0) is 16.1 Å². The van der Waals surface area contributed by atoms with Crippen molar-refractivity contribution in [3.8, 4) is 17.6 Å². The second-order valence-corrected chi connectivity index (χ2v) is 11.2. The number of nitriles is 1. The van der Waals surface area contributed by atoms with E-state index >= 15 is 0 Å². The average molecular weight is 577 g/mol. The molecule has 4 rings (SSSR count). The van der Waals surface area contributed by atoms with Crippen LogP contribution in [-0.4, -0.2) is 78.1 Å². The molecule has 1 saturated heterocycles. The summed E-state index contributed by atoms with van der Waals surface area (Å²) in [5.41, 5.74) is 2.75. The molecule has 1 unspecified atom stereocenters. The lowest BCUT2D eigenvalue weighted by molar-refractivity contribution is -0.143. The van der Waals surface area contributed by atoms with Crippen LogP contribution < -0.4 is 9.47 Å². The molecule has 1 N–H and O–H groups in total. The lowest BCUT2D eigenvalue weighted by Gasteiger charge is -2.35. The molecule has 224 valence electrons. The van der Waals surface area contributed by atoms with Crippen molar-refractivity contribution < 1.29 is 29.0 Å². The smallest absolute Gasteiger partial charge is 0.326 e. The summed E-state index contributed by atoms with van der Waals surface area (Å²) in [4.78, 5) is 41.1. The third-order valence-electron chi connectivity index (χ3n) is 8.46. The number of carboxylic acids is 1. The molecule has 0 bridgehead atoms. The first-order valence-corrected chi connectivity index (χ1v) is 14.5. The molecule has 3 amide bonds. The summed E-state index contributed by atoms with van der Waals surface area (Å²) in [5.74, 6) is 0.336. The third-order valence-corrected chi connectivity index (χ3v) is 8.46. The van der Waals surface area contributed by atoms with Crippen molar-refractivity contribution in [2.75, 3.05) is 40.4 Å². The number of amides is 3. The first-order chi connectivity index (χ1) is 20.2. The molecule has 0 aromatic heterocycles. The molecule has 1 aliphatic heterocycles. The maximum absolute atomic E-state index is 12.3. The third kappa shape index (κ3) is 7.59. The van der Waals surface area contributed by atoms with E-state index in [1.165, 1.54) is 9.80 Å². The summed E-state index contributed by atoms with van der Waals surface area (Å²) in [5, 5.41) is 18.6. The van der Waals surface area contributed by atoms with E-state index in [0.717, 1.165) is 30.5 Å². The summed E-state index contributed by atoms with van der Waals surface area (Å²) >= 11 is 0. The number of methoxy groups -OCH3 is 1. The molecular formula is C32H40N4O6. The fraction of sp³-hybridized carbons (Fsp3) is 0.500. The van der Waals surface area contributed by atoms with Gasteiger partial charge in [0.05, 0.1) is 31.2 Å². The Hall–Kier alpha value is -4.10. The number of urea groups is 1. The number of carbonyl (C=O) groups is 3. The number of rotatable bonds is 12. The number of hydrogen-bond donors (Lipinski definition) is 1. The number of carbonyl (C=O) groups excluding carboxylic acids is 2. The van der Waals surface area contributed by atoms with Crippen LogP contribution in [0, 0.1) is 23.2 Å². The predicted octanol–water partition coefficient (Wildman–Crippen LogP) is 4.68. The number of nitrogens with zero attached hydrogens (tertiary/aromatic N) is 4. The van der Waals surface area contributed by atoms with Crippen LogP contribution in [0.25, 0.3) is 0 Å². The molecule has 0 radical (unpaired) electrons. The Labute approximate surface area is 247 Å². The highest BCUT2D eigenvalue weighted by Crippen LogP contribution is 2.34. The van der Waals surface area contributed by atoms with Crippen LogP contribution >= 0.6 is 0 Å². The number of imide groups is 1. The highest BCUT2D eigenvalue weighted by Gasteiger charge is 2.30. The van der Waals surface area contributed by atoms with E-state index in [1.54, 1.807) is 14.2 Å². The Balaban J connectivity index is 1.45. The molecule has 10 nitrogen and oxygen atoms in total. The number of aliphatic carboxylic acids is 1. The first-order valence-electron chi connectivity index (χ1n) is 14.5. The first kappa shape index (κ1) is 30.8. The largest absolute Gasteiger partial charge is 0.493 e. The van der Waals surface area contributed by atoms with Crippen LogP contribution in [0.3, 0.4) is 0 Å². The van der Waals surface area contributed by atoms with Gasteiger partial charge in [-0.3, -0.25) is 19.4 Å². The molecule has 1 heterocycles. The Bertz CT molecular complexity index is 1300. The molecule has 1 saturated carbocycles. The summed E-state index contributed by atoms with van der Waals surface area (Å²) in [6.07, 6.45) is 3.45. The highest BCUT2D eigenvalue weighted by molar-refractivity contribution is 5.96. The molecule has 1 atom stereocenters. The number of hydrogen-bond acceptors (Lipinski definition) is 7. The van der Waals surface area contributed by atoms with Gasteiger partial charge in [0.15, 0.2) is 11.5 Å². The van der Waals surface area contributed by atoms with Crippen LogP contribution in [0.4, 0.5) is 4.79 Å². The monoisotopic (exact) mass is 576 g/mol. The average Bonchev–Trinajstić information content (AvgIpc) is 3.00. The van der Waals surface area contributed by atoms with Crippen molar-refractivity contribution in [1.29, 1.82) is 5.26 Å². The zero-order valence-corrected chi connectivity index (χ0v) is 24.6. The molecule has 2 aliphatic rings. The lowest BCUT2D eigenvalue weighted by Crippen LogP contribution is -2.51. The van der Waals surface area contributed by atoms with Crippen LogP contribution in [0.1, 0.15) is 61.8 Å². The number of carboxylic acid groups (broad SMARTS) is 1. The fourth-order valence-corrected chi connectivity index (χ4v) is 5.77. The summed E-state index contributed by atoms with van der Waals surface area (Å²) in [6.45, 7) is 4.35.